The Morgan fingerprint density at radius 1 is 1.14 bits per heavy atom. The first kappa shape index (κ1) is 27.0. The van der Waals surface area contributed by atoms with Crippen molar-refractivity contribution in [2.24, 2.45) is 0 Å². The fourth-order valence-electron chi connectivity index (χ4n) is 5.70. The minimum atomic E-state index is -3.80. The summed E-state index contributed by atoms with van der Waals surface area (Å²) in [5, 5.41) is 3.84. The molecule has 1 saturated heterocycles. The summed E-state index contributed by atoms with van der Waals surface area (Å²) in [6, 6.07) is 5.69. The Kier molecular flexibility index (Phi) is 6.86. The lowest BCUT2D eigenvalue weighted by Gasteiger charge is -2.35. The molecule has 2 heterocycles. The van der Waals surface area contributed by atoms with Crippen LogP contribution >= 0.6 is 11.6 Å². The fraction of sp³-hybridized carbons (Fsp3) is 0.273. The van der Waals surface area contributed by atoms with E-state index in [9.17, 15) is 19.2 Å². The Balaban J connectivity index is 1.68. The van der Waals surface area contributed by atoms with Crippen LogP contribution in [0.4, 0.5) is 8.78 Å². The highest BCUT2D eigenvalue weighted by atomic mass is 35.5. The Morgan fingerprint density at radius 3 is 2.35 bits per heavy atom. The number of piperidine rings is 1. The van der Waals surface area contributed by atoms with Crippen LogP contribution in [0.2, 0.25) is 5.02 Å². The number of fused-ring (bicyclic) bond motifs is 1. The number of imide groups is 1. The Morgan fingerprint density at radius 2 is 1.76 bits per heavy atom. The molecule has 2 aromatic rings. The van der Waals surface area contributed by atoms with Crippen molar-refractivity contribution in [3.63, 3.8) is 0 Å². The summed E-state index contributed by atoms with van der Waals surface area (Å²) in [6.07, 6.45) is 0.356. The van der Waals surface area contributed by atoms with Crippen molar-refractivity contribution in [3.05, 3.63) is 57.6 Å². The van der Waals surface area contributed by atoms with Crippen LogP contribution in [0, 0.1) is 0 Å². The number of nitrogens with zero attached hydrogens (tertiary/aromatic N) is 1. The van der Waals surface area contributed by atoms with Gasteiger partial charge in [-0.1, -0.05) is 46.3 Å². The molecule has 15 heteroatoms. The van der Waals surface area contributed by atoms with E-state index in [-0.39, 0.29) is 29.7 Å². The van der Waals surface area contributed by atoms with Crippen LogP contribution in [0.15, 0.2) is 30.3 Å². The van der Waals surface area contributed by atoms with Crippen LogP contribution in [0.5, 0.6) is 0 Å². The molecule has 0 bridgehead atoms. The summed E-state index contributed by atoms with van der Waals surface area (Å²) in [5.41, 5.74) is 2.53. The molecule has 0 radical (unpaired) electrons. The van der Waals surface area contributed by atoms with Gasteiger partial charge in [0, 0.05) is 33.8 Å². The van der Waals surface area contributed by atoms with E-state index < -0.39 is 40.6 Å². The van der Waals surface area contributed by atoms with Crippen molar-refractivity contribution >= 4 is 85.4 Å². The largest absolute Gasteiger partial charge is 0.357 e. The van der Waals surface area contributed by atoms with Crippen LogP contribution in [-0.4, -0.2) is 73.8 Å². The molecule has 37 heavy (non-hydrogen) atoms. The highest BCUT2D eigenvalue weighted by molar-refractivity contribution is 6.49. The number of alkyl halides is 2. The molecule has 7 nitrogen and oxygen atoms in total. The van der Waals surface area contributed by atoms with E-state index in [1.165, 1.54) is 17.0 Å². The van der Waals surface area contributed by atoms with Crippen molar-refractivity contribution in [2.45, 2.75) is 36.1 Å². The zero-order chi connectivity index (χ0) is 27.4. The van der Waals surface area contributed by atoms with Gasteiger partial charge < -0.3 is 10.2 Å². The first-order valence-corrected chi connectivity index (χ1v) is 12.3. The lowest BCUT2D eigenvalue weighted by molar-refractivity contribution is -0.147. The standard InChI is InChI=1S/C22H23B5ClF2N3O4/c23-11-7-10-14(17(25)33(19(10)36)12-5-6-13(34)31-18(12)35)16(24)15(11)22(26,27)32-20(37)21(29,30)8-1-3-9(28)4-2-8/h1-4,7,12,17H,5-6,23-27H2,(H,32,37)(H,31,34,35). The highest BCUT2D eigenvalue weighted by Crippen LogP contribution is 2.35. The van der Waals surface area contributed by atoms with Crippen LogP contribution in [-0.2, 0) is 25.6 Å². The Labute approximate surface area is 222 Å². The molecule has 2 aromatic carbocycles. The van der Waals surface area contributed by atoms with Crippen LogP contribution < -0.4 is 21.6 Å². The first-order valence-electron chi connectivity index (χ1n) is 11.9. The molecule has 4 rings (SSSR count). The van der Waals surface area contributed by atoms with Gasteiger partial charge in [0.15, 0.2) is 0 Å². The average molecular weight is 521 g/mol. The van der Waals surface area contributed by atoms with E-state index in [0.29, 0.717) is 27.6 Å². The molecular weight excluding hydrogens is 498 g/mol. The van der Waals surface area contributed by atoms with E-state index in [1.54, 1.807) is 45.3 Å². The maximum Gasteiger partial charge on any atom is 0.349 e. The van der Waals surface area contributed by atoms with Gasteiger partial charge in [-0.15, -0.1) is 0 Å². The van der Waals surface area contributed by atoms with Crippen molar-refractivity contribution in [1.82, 2.24) is 15.5 Å². The highest BCUT2D eigenvalue weighted by Gasteiger charge is 2.46. The van der Waals surface area contributed by atoms with Crippen molar-refractivity contribution in [2.75, 3.05) is 0 Å². The third kappa shape index (κ3) is 4.60. The molecule has 2 aliphatic heterocycles. The molecule has 4 amide bonds. The van der Waals surface area contributed by atoms with E-state index in [2.05, 4.69) is 10.6 Å². The number of halogens is 3. The molecule has 2 aliphatic rings. The summed E-state index contributed by atoms with van der Waals surface area (Å²) in [7, 11) is 8.58. The van der Waals surface area contributed by atoms with Gasteiger partial charge in [0.25, 0.3) is 11.8 Å². The number of carbonyl (C=O) groups is 4. The molecule has 2 unspecified atom stereocenters. The number of hydrogen-bond acceptors (Lipinski definition) is 4. The monoisotopic (exact) mass is 521 g/mol. The number of rotatable bonds is 5. The Bertz CT molecular complexity index is 1340. The molecule has 0 spiro atoms. The molecule has 1 fully saturated rings. The zero-order valence-corrected chi connectivity index (χ0v) is 21.9. The SMILES string of the molecule is Bc1cc2c(c(B)c1C(B)(B)NC(=O)C(F)(F)c1ccc(Cl)cc1)C(B)N(C1CCC(=O)NC1=O)C2=O. The van der Waals surface area contributed by atoms with E-state index in [4.69, 9.17) is 11.6 Å². The zero-order valence-electron chi connectivity index (χ0n) is 21.2. The lowest BCUT2D eigenvalue weighted by Crippen LogP contribution is -2.56. The summed E-state index contributed by atoms with van der Waals surface area (Å²) in [6.45, 7) is 0. The third-order valence-corrected chi connectivity index (χ3v) is 7.47. The molecule has 186 valence electrons. The van der Waals surface area contributed by atoms with Gasteiger partial charge in [-0.3, -0.25) is 24.5 Å². The predicted octanol–water partition coefficient (Wildman–Crippen LogP) is -3.97. The number of nitrogens with one attached hydrogen (secondary N) is 2. The summed E-state index contributed by atoms with van der Waals surface area (Å²) >= 11 is 5.80. The van der Waals surface area contributed by atoms with Gasteiger partial charge in [-0.25, -0.2) is 0 Å². The smallest absolute Gasteiger partial charge is 0.349 e. The van der Waals surface area contributed by atoms with Gasteiger partial charge in [-0.05, 0) is 24.1 Å². The maximum atomic E-state index is 15.0. The second kappa shape index (κ2) is 9.38. The van der Waals surface area contributed by atoms with E-state index in [1.807, 2.05) is 0 Å². The van der Waals surface area contributed by atoms with Crippen LogP contribution in [0.25, 0.3) is 0 Å². The summed E-state index contributed by atoms with van der Waals surface area (Å²) < 4.78 is 30.0. The molecule has 0 aromatic heterocycles. The topological polar surface area (TPSA) is 95.6 Å². The normalized spacial score (nSPS) is 20.0. The second-order valence-corrected chi connectivity index (χ2v) is 10.6. The molecule has 0 aliphatic carbocycles. The van der Waals surface area contributed by atoms with Crippen LogP contribution in [0.3, 0.4) is 0 Å². The number of benzene rings is 2. The summed E-state index contributed by atoms with van der Waals surface area (Å²) in [5.74, 6) is -6.98. The van der Waals surface area contributed by atoms with Crippen molar-refractivity contribution < 1.29 is 28.0 Å². The average Bonchev–Trinajstić information content (AvgIpc) is 3.03. The van der Waals surface area contributed by atoms with Gasteiger partial charge in [0.05, 0.1) is 0 Å². The molecule has 2 atom stereocenters. The summed E-state index contributed by atoms with van der Waals surface area (Å²) in [4.78, 5) is 51.8. The number of carbonyl (C=O) groups excluding carboxylic acids is 4. The molecular formula is C22H23B5ClF2N3O4. The fourth-order valence-corrected chi connectivity index (χ4v) is 5.83. The third-order valence-electron chi connectivity index (χ3n) is 7.21. The first-order chi connectivity index (χ1) is 17.2. The van der Waals surface area contributed by atoms with Gasteiger partial charge in [-0.2, -0.15) is 8.78 Å². The number of amides is 4. The molecule has 0 saturated carbocycles. The van der Waals surface area contributed by atoms with Gasteiger partial charge in [0.2, 0.25) is 11.8 Å². The minimum Gasteiger partial charge on any atom is -0.357 e. The lowest BCUT2D eigenvalue weighted by atomic mass is 9.52. The van der Waals surface area contributed by atoms with Crippen LogP contribution in [0.1, 0.15) is 45.8 Å². The van der Waals surface area contributed by atoms with Gasteiger partial charge in [0.1, 0.15) is 45.3 Å². The minimum absolute atomic E-state index is 0.132. The quantitative estimate of drug-likeness (QED) is 0.311. The van der Waals surface area contributed by atoms with E-state index >= 15 is 8.78 Å². The van der Waals surface area contributed by atoms with Crippen molar-refractivity contribution in [3.8, 4) is 0 Å². The predicted molar refractivity (Wildman–Crippen MR) is 149 cm³/mol. The van der Waals surface area contributed by atoms with E-state index in [0.717, 1.165) is 12.1 Å². The van der Waals surface area contributed by atoms with Crippen molar-refractivity contribution in [1.29, 1.82) is 0 Å². The number of hydrogen-bond donors (Lipinski definition) is 2. The Hall–Kier alpha value is -3.01. The second-order valence-electron chi connectivity index (χ2n) is 10.2. The van der Waals surface area contributed by atoms with Gasteiger partial charge >= 0.3 is 5.92 Å². The maximum absolute atomic E-state index is 15.0. The molecule has 2 N–H and O–H groups in total.